The molecule has 14 rings (SSSR count). The van der Waals surface area contributed by atoms with Crippen LogP contribution >= 0.6 is 0 Å². The molecule has 0 bridgehead atoms. The summed E-state index contributed by atoms with van der Waals surface area (Å²) >= 11 is 0. The van der Waals surface area contributed by atoms with Crippen LogP contribution < -0.4 is 4.90 Å². The smallest absolute Gasteiger partial charge is 0.0547 e. The predicted octanol–water partition coefficient (Wildman–Crippen LogP) is 20.6. The molecule has 13 aromatic carbocycles. The van der Waals surface area contributed by atoms with Crippen LogP contribution in [0.4, 0.5) is 17.1 Å². The van der Waals surface area contributed by atoms with Crippen molar-refractivity contribution in [3.05, 3.63) is 303 Å². The van der Waals surface area contributed by atoms with E-state index in [1.807, 2.05) is 0 Å². The lowest BCUT2D eigenvalue weighted by Crippen LogP contribution is -2.10. The fourth-order valence-corrected chi connectivity index (χ4v) is 11.6. The molecule has 0 aliphatic heterocycles. The number of rotatable bonds is 10. The standard InChI is InChI=1S/C74H50N2/c1-3-16-57(17-4-1)69-30-14-32-71-73(69)74-70(31-15-33-72(74)76(71)61-23-5-2-6-24-61)60-22-11-25-64(50-60)75(62-46-42-53(43-47-62)51-34-38-58(39-35-51)67-28-12-20-55-18-7-9-26-65(55)67)63-48-44-54(45-49-63)52-36-40-59(41-37-52)68-29-13-21-56-19-8-10-27-66(56)68/h1-50H. The number of anilines is 3. The number of aromatic nitrogens is 1. The van der Waals surface area contributed by atoms with Gasteiger partial charge in [0.05, 0.1) is 11.0 Å². The van der Waals surface area contributed by atoms with Crippen molar-refractivity contribution in [1.29, 1.82) is 0 Å². The maximum Gasteiger partial charge on any atom is 0.0547 e. The Balaban J connectivity index is 0.871. The summed E-state index contributed by atoms with van der Waals surface area (Å²) in [6.45, 7) is 0. The van der Waals surface area contributed by atoms with E-state index in [-0.39, 0.29) is 0 Å². The highest BCUT2D eigenvalue weighted by molar-refractivity contribution is 6.21. The normalized spacial score (nSPS) is 11.4. The molecule has 0 saturated heterocycles. The van der Waals surface area contributed by atoms with E-state index in [4.69, 9.17) is 0 Å². The van der Waals surface area contributed by atoms with Gasteiger partial charge in [0.2, 0.25) is 0 Å². The van der Waals surface area contributed by atoms with E-state index < -0.39 is 0 Å². The minimum Gasteiger partial charge on any atom is -0.310 e. The van der Waals surface area contributed by atoms with Crippen LogP contribution in [0.2, 0.25) is 0 Å². The minimum absolute atomic E-state index is 1.07. The van der Waals surface area contributed by atoms with Gasteiger partial charge in [0.25, 0.3) is 0 Å². The number of benzene rings is 13. The van der Waals surface area contributed by atoms with Crippen LogP contribution in [0.5, 0.6) is 0 Å². The van der Waals surface area contributed by atoms with Crippen LogP contribution in [-0.4, -0.2) is 4.57 Å². The van der Waals surface area contributed by atoms with Crippen molar-refractivity contribution < 1.29 is 0 Å². The van der Waals surface area contributed by atoms with Crippen LogP contribution in [0.15, 0.2) is 303 Å². The third-order valence-corrected chi connectivity index (χ3v) is 15.2. The topological polar surface area (TPSA) is 8.17 Å². The zero-order chi connectivity index (χ0) is 50.4. The molecule has 76 heavy (non-hydrogen) atoms. The first-order valence-electron chi connectivity index (χ1n) is 26.2. The lowest BCUT2D eigenvalue weighted by atomic mass is 9.94. The molecule has 0 N–H and O–H groups in total. The quantitative estimate of drug-likeness (QED) is 0.133. The van der Waals surface area contributed by atoms with Crippen molar-refractivity contribution in [2.75, 3.05) is 4.90 Å². The minimum atomic E-state index is 1.07. The average molecular weight is 967 g/mol. The molecule has 356 valence electrons. The molecule has 2 nitrogen and oxygen atoms in total. The van der Waals surface area contributed by atoms with Crippen molar-refractivity contribution in [3.63, 3.8) is 0 Å². The van der Waals surface area contributed by atoms with E-state index in [0.29, 0.717) is 0 Å². The number of hydrogen-bond acceptors (Lipinski definition) is 1. The van der Waals surface area contributed by atoms with Gasteiger partial charge in [0, 0.05) is 33.5 Å². The molecule has 0 fully saturated rings. The third-order valence-electron chi connectivity index (χ3n) is 15.2. The second-order valence-corrected chi connectivity index (χ2v) is 19.6. The van der Waals surface area contributed by atoms with Gasteiger partial charge in [-0.2, -0.15) is 0 Å². The Morgan fingerprint density at radius 3 is 1.09 bits per heavy atom. The summed E-state index contributed by atoms with van der Waals surface area (Å²) in [5.74, 6) is 0. The van der Waals surface area contributed by atoms with Gasteiger partial charge in [-0.3, -0.25) is 0 Å². The molecule has 1 heterocycles. The van der Waals surface area contributed by atoms with Gasteiger partial charge in [-0.25, -0.2) is 0 Å². The van der Waals surface area contributed by atoms with Crippen LogP contribution in [0.1, 0.15) is 0 Å². The Morgan fingerprint density at radius 1 is 0.224 bits per heavy atom. The van der Waals surface area contributed by atoms with Crippen molar-refractivity contribution >= 4 is 60.4 Å². The number of nitrogens with zero attached hydrogens (tertiary/aromatic N) is 2. The molecule has 0 unspecified atom stereocenters. The molecule has 0 aliphatic rings. The molecule has 1 aromatic heterocycles. The van der Waals surface area contributed by atoms with Gasteiger partial charge in [-0.05, 0) is 149 Å². The van der Waals surface area contributed by atoms with E-state index in [9.17, 15) is 0 Å². The Kier molecular flexibility index (Phi) is 11.2. The first-order valence-corrected chi connectivity index (χ1v) is 26.2. The molecule has 0 aliphatic carbocycles. The highest BCUT2D eigenvalue weighted by Gasteiger charge is 2.21. The lowest BCUT2D eigenvalue weighted by Gasteiger charge is -2.26. The van der Waals surface area contributed by atoms with E-state index in [1.165, 1.54) is 105 Å². The fraction of sp³-hybridized carbons (Fsp3) is 0. The van der Waals surface area contributed by atoms with Gasteiger partial charge in [0.1, 0.15) is 0 Å². The summed E-state index contributed by atoms with van der Waals surface area (Å²) in [6, 6.07) is 111. The van der Waals surface area contributed by atoms with Crippen molar-refractivity contribution in [1.82, 2.24) is 4.57 Å². The van der Waals surface area contributed by atoms with Gasteiger partial charge >= 0.3 is 0 Å². The van der Waals surface area contributed by atoms with Gasteiger partial charge in [0.15, 0.2) is 0 Å². The van der Waals surface area contributed by atoms with Crippen LogP contribution in [0, 0.1) is 0 Å². The van der Waals surface area contributed by atoms with Crippen molar-refractivity contribution in [2.45, 2.75) is 0 Å². The number of fused-ring (bicyclic) bond motifs is 5. The molecular formula is C74H50N2. The summed E-state index contributed by atoms with van der Waals surface area (Å²) in [7, 11) is 0. The zero-order valence-electron chi connectivity index (χ0n) is 41.8. The first-order chi connectivity index (χ1) is 37.7. The fourth-order valence-electron chi connectivity index (χ4n) is 11.6. The van der Waals surface area contributed by atoms with Gasteiger partial charge in [-0.15, -0.1) is 0 Å². The monoisotopic (exact) mass is 966 g/mol. The molecular weight excluding hydrogens is 917 g/mol. The molecule has 0 radical (unpaired) electrons. The summed E-state index contributed by atoms with van der Waals surface area (Å²) in [5, 5.41) is 7.51. The Hall–Kier alpha value is -10.0. The summed E-state index contributed by atoms with van der Waals surface area (Å²) < 4.78 is 2.42. The zero-order valence-corrected chi connectivity index (χ0v) is 41.8. The first kappa shape index (κ1) is 44.7. The largest absolute Gasteiger partial charge is 0.310 e. The molecule has 0 saturated carbocycles. The highest BCUT2D eigenvalue weighted by Crippen LogP contribution is 2.45. The third kappa shape index (κ3) is 8.01. The molecule has 0 amide bonds. The lowest BCUT2D eigenvalue weighted by molar-refractivity contribution is 1.18. The van der Waals surface area contributed by atoms with Crippen LogP contribution in [0.3, 0.4) is 0 Å². The second-order valence-electron chi connectivity index (χ2n) is 19.6. The molecule has 0 atom stereocenters. The van der Waals surface area contributed by atoms with Crippen LogP contribution in [-0.2, 0) is 0 Å². The molecule has 2 heteroatoms. The van der Waals surface area contributed by atoms with E-state index in [2.05, 4.69) is 313 Å². The maximum absolute atomic E-state index is 2.42. The SMILES string of the molecule is c1ccc(-c2cccc3c2c2c(-c4cccc(N(c5ccc(-c6ccc(-c7cccc8ccccc78)cc6)cc5)c5ccc(-c6ccc(-c7cccc8ccccc78)cc6)cc5)c4)cccc2n3-c2ccccc2)cc1. The molecule has 0 spiro atoms. The Labute approximate surface area is 443 Å². The second kappa shape index (κ2) is 19.1. The maximum atomic E-state index is 2.42. The van der Waals surface area contributed by atoms with Gasteiger partial charge in [-0.1, -0.05) is 243 Å². The highest BCUT2D eigenvalue weighted by atomic mass is 15.1. The summed E-state index contributed by atoms with van der Waals surface area (Å²) in [4.78, 5) is 2.40. The van der Waals surface area contributed by atoms with E-state index >= 15 is 0 Å². The van der Waals surface area contributed by atoms with E-state index in [0.717, 1.165) is 28.3 Å². The van der Waals surface area contributed by atoms with E-state index in [1.54, 1.807) is 0 Å². The Morgan fingerprint density at radius 2 is 0.579 bits per heavy atom. The average Bonchev–Trinajstić information content (AvgIpc) is 3.95. The summed E-state index contributed by atoms with van der Waals surface area (Å²) in [5.41, 5.74) is 21.1. The van der Waals surface area contributed by atoms with Crippen LogP contribution in [0.25, 0.3) is 116 Å². The van der Waals surface area contributed by atoms with Crippen molar-refractivity contribution in [3.8, 4) is 72.4 Å². The summed E-state index contributed by atoms with van der Waals surface area (Å²) in [6.07, 6.45) is 0. The Bertz CT molecular complexity index is 4220. The molecule has 14 aromatic rings. The van der Waals surface area contributed by atoms with Crippen molar-refractivity contribution in [2.24, 2.45) is 0 Å². The van der Waals surface area contributed by atoms with Gasteiger partial charge < -0.3 is 9.47 Å². The number of hydrogen-bond donors (Lipinski definition) is 0. The number of para-hydroxylation sites is 1. The predicted molar refractivity (Wildman–Crippen MR) is 323 cm³/mol.